The van der Waals surface area contributed by atoms with E-state index in [1.165, 1.54) is 19.8 Å². The van der Waals surface area contributed by atoms with Crippen LogP contribution < -0.4 is 0 Å². The van der Waals surface area contributed by atoms with Crippen molar-refractivity contribution >= 4 is 5.97 Å². The van der Waals surface area contributed by atoms with Crippen molar-refractivity contribution in [3.05, 3.63) is 0 Å². The Hall–Kier alpha value is -0.650. The van der Waals surface area contributed by atoms with E-state index in [2.05, 4.69) is 4.74 Å². The minimum Gasteiger partial charge on any atom is -0.466 e. The van der Waals surface area contributed by atoms with E-state index in [1.807, 2.05) is 0 Å². The Kier molecular flexibility index (Phi) is 30.9. The normalized spacial score (nSPS) is 11.9. The summed E-state index contributed by atoms with van der Waals surface area (Å²) in [6.07, 6.45) is 2.56. The van der Waals surface area contributed by atoms with E-state index in [-0.39, 0.29) is 12.6 Å². The second kappa shape index (κ2) is 23.9. The monoisotopic (exact) mass is 238 g/mol. The molecule has 0 radical (unpaired) electrons. The topological polar surface area (TPSA) is 76.0 Å². The SMILES string of the molecule is C1CCOC1.CCO.CCOC(C)=O.CO. The molecule has 0 aliphatic carbocycles. The maximum Gasteiger partial charge on any atom is 0.302 e. The zero-order valence-electron chi connectivity index (χ0n) is 10.9. The van der Waals surface area contributed by atoms with Gasteiger partial charge in [-0.2, -0.15) is 0 Å². The number of aliphatic hydroxyl groups excluding tert-OH is 2. The molecule has 100 valence electrons. The first-order valence-electron chi connectivity index (χ1n) is 5.45. The molecule has 0 unspecified atom stereocenters. The predicted octanol–water partition coefficient (Wildman–Crippen LogP) is 0.973. The number of rotatable bonds is 1. The van der Waals surface area contributed by atoms with Crippen LogP contribution >= 0.6 is 0 Å². The molecule has 16 heavy (non-hydrogen) atoms. The summed E-state index contributed by atoms with van der Waals surface area (Å²) < 4.78 is 9.35. The standard InChI is InChI=1S/C4H8O2.C4H8O.C2H6O.CH4O/c1-3-6-4(2)5;1-2-4-5-3-1;1-2-3;1-2/h3H2,1-2H3;1-4H2;3H,2H2,1H3;2H,1H3. The van der Waals surface area contributed by atoms with Crippen molar-refractivity contribution in [3.8, 4) is 0 Å². The van der Waals surface area contributed by atoms with Gasteiger partial charge in [0.05, 0.1) is 6.61 Å². The summed E-state index contributed by atoms with van der Waals surface area (Å²) in [7, 11) is 1.00. The number of ether oxygens (including phenoxy) is 2. The second-order valence-corrected chi connectivity index (χ2v) is 2.56. The molecule has 0 saturated carbocycles. The zero-order valence-corrected chi connectivity index (χ0v) is 10.9. The van der Waals surface area contributed by atoms with Gasteiger partial charge in [-0.25, -0.2) is 0 Å². The summed E-state index contributed by atoms with van der Waals surface area (Å²) >= 11 is 0. The first-order chi connectivity index (χ1) is 7.68. The van der Waals surface area contributed by atoms with Crippen molar-refractivity contribution in [1.82, 2.24) is 0 Å². The molecule has 2 N–H and O–H groups in total. The summed E-state index contributed by atoms with van der Waals surface area (Å²) in [6, 6.07) is 0. The molecule has 5 nitrogen and oxygen atoms in total. The van der Waals surface area contributed by atoms with Crippen LogP contribution in [0.3, 0.4) is 0 Å². The highest BCUT2D eigenvalue weighted by Gasteiger charge is 1.94. The van der Waals surface area contributed by atoms with Crippen LogP contribution in [0.15, 0.2) is 0 Å². The second-order valence-electron chi connectivity index (χ2n) is 2.56. The van der Waals surface area contributed by atoms with Gasteiger partial charge in [-0.3, -0.25) is 4.79 Å². The summed E-state index contributed by atoms with van der Waals surface area (Å²) in [5, 5.41) is 14.6. The Morgan fingerprint density at radius 2 is 1.62 bits per heavy atom. The van der Waals surface area contributed by atoms with Gasteiger partial charge in [-0.05, 0) is 26.7 Å². The van der Waals surface area contributed by atoms with Gasteiger partial charge in [-0.1, -0.05) is 0 Å². The molecule has 0 spiro atoms. The Morgan fingerprint density at radius 3 is 1.69 bits per heavy atom. The van der Waals surface area contributed by atoms with Crippen LogP contribution in [0.5, 0.6) is 0 Å². The van der Waals surface area contributed by atoms with Gasteiger partial charge in [0.25, 0.3) is 0 Å². The first-order valence-corrected chi connectivity index (χ1v) is 5.45. The molecule has 1 fully saturated rings. The Balaban J connectivity index is -0.000000153. The molecule has 0 aromatic heterocycles. The third-order valence-electron chi connectivity index (χ3n) is 1.17. The molecule has 0 aromatic carbocycles. The van der Waals surface area contributed by atoms with Crippen LogP contribution in [-0.4, -0.2) is 49.7 Å². The van der Waals surface area contributed by atoms with Gasteiger partial charge in [0, 0.05) is 33.9 Å². The summed E-state index contributed by atoms with van der Waals surface area (Å²) in [4.78, 5) is 9.82. The lowest BCUT2D eigenvalue weighted by Gasteiger charge is -1.89. The molecular formula is C11H26O5. The van der Waals surface area contributed by atoms with Gasteiger partial charge >= 0.3 is 5.97 Å². The van der Waals surface area contributed by atoms with E-state index >= 15 is 0 Å². The van der Waals surface area contributed by atoms with Crippen LogP contribution in [0.2, 0.25) is 0 Å². The zero-order chi connectivity index (χ0) is 13.2. The van der Waals surface area contributed by atoms with Gasteiger partial charge in [0.2, 0.25) is 0 Å². The largest absolute Gasteiger partial charge is 0.466 e. The quantitative estimate of drug-likeness (QED) is 0.666. The Labute approximate surface area is 98.4 Å². The lowest BCUT2D eigenvalue weighted by atomic mass is 10.4. The van der Waals surface area contributed by atoms with Crippen LogP contribution in [0, 0.1) is 0 Å². The van der Waals surface area contributed by atoms with Gasteiger partial charge in [0.15, 0.2) is 0 Å². The number of esters is 1. The highest BCUT2D eigenvalue weighted by Crippen LogP contribution is 1.98. The van der Waals surface area contributed by atoms with Crippen molar-refractivity contribution in [2.75, 3.05) is 33.5 Å². The third-order valence-corrected chi connectivity index (χ3v) is 1.17. The molecule has 0 aromatic rings. The molecule has 1 aliphatic rings. The minimum atomic E-state index is -0.211. The van der Waals surface area contributed by atoms with E-state index in [9.17, 15) is 4.79 Å². The molecule has 1 heterocycles. The number of hydrogen-bond donors (Lipinski definition) is 2. The number of aliphatic hydroxyl groups is 2. The maximum atomic E-state index is 9.82. The molecular weight excluding hydrogens is 212 g/mol. The van der Waals surface area contributed by atoms with Crippen molar-refractivity contribution in [2.24, 2.45) is 0 Å². The lowest BCUT2D eigenvalue weighted by Crippen LogP contribution is -1.95. The van der Waals surface area contributed by atoms with Gasteiger partial charge in [-0.15, -0.1) is 0 Å². The summed E-state index contributed by atoms with van der Waals surface area (Å²) in [5.41, 5.74) is 0. The van der Waals surface area contributed by atoms with E-state index in [0.29, 0.717) is 6.61 Å². The fourth-order valence-corrected chi connectivity index (χ4v) is 0.714. The van der Waals surface area contributed by atoms with Crippen LogP contribution in [0.25, 0.3) is 0 Å². The number of carbonyl (C=O) groups is 1. The van der Waals surface area contributed by atoms with Crippen molar-refractivity contribution in [3.63, 3.8) is 0 Å². The minimum absolute atomic E-state index is 0.211. The van der Waals surface area contributed by atoms with Gasteiger partial charge in [0.1, 0.15) is 0 Å². The molecule has 0 amide bonds. The van der Waals surface area contributed by atoms with Crippen LogP contribution in [0.4, 0.5) is 0 Å². The smallest absolute Gasteiger partial charge is 0.302 e. The van der Waals surface area contributed by atoms with Crippen LogP contribution in [0.1, 0.15) is 33.6 Å². The average molecular weight is 238 g/mol. The van der Waals surface area contributed by atoms with Crippen molar-refractivity contribution in [1.29, 1.82) is 0 Å². The predicted molar refractivity (Wildman–Crippen MR) is 63.3 cm³/mol. The molecule has 0 atom stereocenters. The Morgan fingerprint density at radius 1 is 1.25 bits per heavy atom. The Bertz CT molecular complexity index is 105. The van der Waals surface area contributed by atoms with Crippen molar-refractivity contribution < 1.29 is 24.5 Å². The van der Waals surface area contributed by atoms with Gasteiger partial charge < -0.3 is 19.7 Å². The first kappa shape index (κ1) is 20.7. The van der Waals surface area contributed by atoms with E-state index < -0.39 is 0 Å². The van der Waals surface area contributed by atoms with Crippen molar-refractivity contribution in [2.45, 2.75) is 33.6 Å². The summed E-state index contributed by atoms with van der Waals surface area (Å²) in [6.45, 7) is 7.58. The van der Waals surface area contributed by atoms with E-state index in [0.717, 1.165) is 20.3 Å². The molecule has 0 bridgehead atoms. The number of hydrogen-bond acceptors (Lipinski definition) is 5. The van der Waals surface area contributed by atoms with Crippen LogP contribution in [-0.2, 0) is 14.3 Å². The molecule has 1 rings (SSSR count). The molecule has 1 aliphatic heterocycles. The fourth-order valence-electron chi connectivity index (χ4n) is 0.714. The molecule has 5 heteroatoms. The fraction of sp³-hybridized carbons (Fsp3) is 0.909. The lowest BCUT2D eigenvalue weighted by molar-refractivity contribution is -0.140. The van der Waals surface area contributed by atoms with E-state index in [4.69, 9.17) is 14.9 Å². The number of carbonyl (C=O) groups excluding carboxylic acids is 1. The highest BCUT2D eigenvalue weighted by atomic mass is 16.5. The maximum absolute atomic E-state index is 9.82. The van der Waals surface area contributed by atoms with E-state index in [1.54, 1.807) is 13.8 Å². The molecule has 1 saturated heterocycles. The highest BCUT2D eigenvalue weighted by molar-refractivity contribution is 5.65. The summed E-state index contributed by atoms with van der Waals surface area (Å²) in [5.74, 6) is -0.211. The third kappa shape index (κ3) is 37.7. The average Bonchev–Trinajstić information content (AvgIpc) is 2.79.